The molecule has 0 aliphatic rings. The van der Waals surface area contributed by atoms with Gasteiger partial charge < -0.3 is 9.88 Å². The van der Waals surface area contributed by atoms with Crippen LogP contribution in [0.2, 0.25) is 0 Å². The van der Waals surface area contributed by atoms with E-state index in [9.17, 15) is 4.79 Å². The maximum absolute atomic E-state index is 12.4. The first-order chi connectivity index (χ1) is 13.3. The number of hydrogen-bond donors (Lipinski definition) is 1. The largest absolute Gasteiger partial charge is 0.352 e. The van der Waals surface area contributed by atoms with Crippen LogP contribution in [0.4, 0.5) is 0 Å². The van der Waals surface area contributed by atoms with E-state index in [-0.39, 0.29) is 5.91 Å². The molecule has 0 aliphatic carbocycles. The average molecular weight is 355 g/mol. The first-order valence-corrected chi connectivity index (χ1v) is 9.05. The highest BCUT2D eigenvalue weighted by atomic mass is 16.1. The Morgan fingerprint density at radius 1 is 0.926 bits per heavy atom. The molecule has 0 radical (unpaired) electrons. The number of aromatic nitrogens is 2. The van der Waals surface area contributed by atoms with E-state index in [1.165, 1.54) is 5.56 Å². The lowest BCUT2D eigenvalue weighted by molar-refractivity contribution is -0.120. The lowest BCUT2D eigenvalue weighted by Gasteiger charge is -2.09. The molecule has 4 nitrogen and oxygen atoms in total. The Hall–Kier alpha value is -3.40. The number of benzene rings is 3. The summed E-state index contributed by atoms with van der Waals surface area (Å²) in [5, 5.41) is 5.32. The van der Waals surface area contributed by atoms with Gasteiger partial charge in [-0.3, -0.25) is 4.79 Å². The van der Waals surface area contributed by atoms with Crippen molar-refractivity contribution in [1.82, 2.24) is 14.9 Å². The first kappa shape index (κ1) is 17.0. The summed E-state index contributed by atoms with van der Waals surface area (Å²) in [6, 6.07) is 22.6. The van der Waals surface area contributed by atoms with Crippen LogP contribution in [-0.2, 0) is 24.3 Å². The molecule has 1 N–H and O–H groups in total. The van der Waals surface area contributed by atoms with Crippen molar-refractivity contribution < 1.29 is 4.79 Å². The second-order valence-corrected chi connectivity index (χ2v) is 6.64. The van der Waals surface area contributed by atoms with Crippen molar-refractivity contribution in [1.29, 1.82) is 0 Å². The summed E-state index contributed by atoms with van der Waals surface area (Å²) < 4.78 is 2.03. The Morgan fingerprint density at radius 3 is 2.52 bits per heavy atom. The Bertz CT molecular complexity index is 1030. The highest BCUT2D eigenvalue weighted by molar-refractivity contribution is 5.90. The zero-order valence-electron chi connectivity index (χ0n) is 15.0. The average Bonchev–Trinajstić information content (AvgIpc) is 3.21. The van der Waals surface area contributed by atoms with Crippen LogP contribution in [0.15, 0.2) is 85.5 Å². The third kappa shape index (κ3) is 4.23. The molecule has 1 amide bonds. The summed E-state index contributed by atoms with van der Waals surface area (Å²) in [6.45, 7) is 1.34. The normalized spacial score (nSPS) is 10.8. The third-order valence-electron chi connectivity index (χ3n) is 4.67. The number of fused-ring (bicyclic) bond motifs is 1. The summed E-state index contributed by atoms with van der Waals surface area (Å²) in [6.07, 6.45) is 5.92. The van der Waals surface area contributed by atoms with Crippen molar-refractivity contribution >= 4 is 16.7 Å². The summed E-state index contributed by atoms with van der Waals surface area (Å²) in [5.41, 5.74) is 3.36. The van der Waals surface area contributed by atoms with Crippen LogP contribution in [-0.4, -0.2) is 15.5 Å². The third-order valence-corrected chi connectivity index (χ3v) is 4.67. The monoisotopic (exact) mass is 355 g/mol. The van der Waals surface area contributed by atoms with Crippen LogP contribution in [0.5, 0.6) is 0 Å². The topological polar surface area (TPSA) is 46.9 Å². The van der Waals surface area contributed by atoms with Crippen LogP contribution < -0.4 is 5.32 Å². The van der Waals surface area contributed by atoms with Gasteiger partial charge in [-0.1, -0.05) is 66.7 Å². The van der Waals surface area contributed by atoms with Gasteiger partial charge in [-0.15, -0.1) is 0 Å². The number of carbonyl (C=O) groups is 1. The standard InChI is InChI=1S/C23H21N3O/c27-23(14-21-6-3-5-20-4-1-2-7-22(20)21)25-15-18-8-10-19(11-9-18)16-26-13-12-24-17-26/h1-13,17H,14-16H2,(H,25,27). The maximum atomic E-state index is 12.4. The van der Waals surface area contributed by atoms with E-state index in [0.29, 0.717) is 13.0 Å². The van der Waals surface area contributed by atoms with Crippen molar-refractivity contribution in [2.75, 3.05) is 0 Å². The van der Waals surface area contributed by atoms with Gasteiger partial charge in [-0.2, -0.15) is 0 Å². The maximum Gasteiger partial charge on any atom is 0.224 e. The molecule has 1 heterocycles. The number of imidazole rings is 1. The molecule has 3 aromatic carbocycles. The molecular formula is C23H21N3O. The van der Waals surface area contributed by atoms with Crippen LogP contribution >= 0.6 is 0 Å². The van der Waals surface area contributed by atoms with Crippen molar-refractivity contribution in [2.24, 2.45) is 0 Å². The van der Waals surface area contributed by atoms with Gasteiger partial charge in [0.05, 0.1) is 12.7 Å². The zero-order chi connectivity index (χ0) is 18.5. The lowest BCUT2D eigenvalue weighted by atomic mass is 10.0. The Kier molecular flexibility index (Phi) is 4.97. The van der Waals surface area contributed by atoms with Crippen LogP contribution in [0, 0.1) is 0 Å². The van der Waals surface area contributed by atoms with Crippen molar-refractivity contribution in [3.8, 4) is 0 Å². The summed E-state index contributed by atoms with van der Waals surface area (Å²) in [4.78, 5) is 16.4. The van der Waals surface area contributed by atoms with E-state index in [1.807, 2.05) is 35.0 Å². The molecule has 1 aromatic heterocycles. The van der Waals surface area contributed by atoms with E-state index >= 15 is 0 Å². The second-order valence-electron chi connectivity index (χ2n) is 6.64. The smallest absolute Gasteiger partial charge is 0.224 e. The molecule has 4 aromatic rings. The molecule has 4 rings (SSSR count). The molecule has 0 bridgehead atoms. The van der Waals surface area contributed by atoms with Gasteiger partial charge in [0, 0.05) is 25.5 Å². The van der Waals surface area contributed by atoms with E-state index in [4.69, 9.17) is 0 Å². The first-order valence-electron chi connectivity index (χ1n) is 9.05. The molecule has 0 aliphatic heterocycles. The fourth-order valence-electron chi connectivity index (χ4n) is 3.24. The predicted octanol–water partition coefficient (Wildman–Crippen LogP) is 3.94. The number of carbonyl (C=O) groups excluding carboxylic acids is 1. The molecule has 0 atom stereocenters. The van der Waals surface area contributed by atoms with Gasteiger partial charge in [-0.25, -0.2) is 4.98 Å². The van der Waals surface area contributed by atoms with Gasteiger partial charge in [0.25, 0.3) is 0 Å². The van der Waals surface area contributed by atoms with Crippen LogP contribution in [0.1, 0.15) is 16.7 Å². The van der Waals surface area contributed by atoms with E-state index in [0.717, 1.165) is 28.4 Å². The van der Waals surface area contributed by atoms with Gasteiger partial charge in [0.2, 0.25) is 5.91 Å². The van der Waals surface area contributed by atoms with Crippen molar-refractivity contribution in [3.05, 3.63) is 102 Å². The fourth-order valence-corrected chi connectivity index (χ4v) is 3.24. The number of nitrogens with one attached hydrogen (secondary N) is 1. The van der Waals surface area contributed by atoms with E-state index < -0.39 is 0 Å². The summed E-state index contributed by atoms with van der Waals surface area (Å²) >= 11 is 0. The van der Waals surface area contributed by atoms with Gasteiger partial charge in [0.1, 0.15) is 0 Å². The molecule has 0 spiro atoms. The predicted molar refractivity (Wildman–Crippen MR) is 107 cm³/mol. The Labute approximate surface area is 158 Å². The zero-order valence-corrected chi connectivity index (χ0v) is 15.0. The highest BCUT2D eigenvalue weighted by Crippen LogP contribution is 2.18. The van der Waals surface area contributed by atoms with E-state index in [2.05, 4.69) is 52.8 Å². The second kappa shape index (κ2) is 7.87. The highest BCUT2D eigenvalue weighted by Gasteiger charge is 2.07. The number of rotatable bonds is 6. The quantitative estimate of drug-likeness (QED) is 0.569. The van der Waals surface area contributed by atoms with Crippen LogP contribution in [0.3, 0.4) is 0 Å². The molecule has 0 saturated carbocycles. The van der Waals surface area contributed by atoms with Gasteiger partial charge in [0.15, 0.2) is 0 Å². The SMILES string of the molecule is O=C(Cc1cccc2ccccc12)NCc1ccc(Cn2ccnc2)cc1. The molecule has 0 unspecified atom stereocenters. The number of amides is 1. The summed E-state index contributed by atoms with van der Waals surface area (Å²) in [5.74, 6) is 0.0360. The minimum absolute atomic E-state index is 0.0360. The number of hydrogen-bond acceptors (Lipinski definition) is 2. The molecule has 134 valence electrons. The van der Waals surface area contributed by atoms with Gasteiger partial charge >= 0.3 is 0 Å². The Morgan fingerprint density at radius 2 is 1.70 bits per heavy atom. The molecule has 0 fully saturated rings. The van der Waals surface area contributed by atoms with E-state index in [1.54, 1.807) is 12.5 Å². The lowest BCUT2D eigenvalue weighted by Crippen LogP contribution is -2.24. The van der Waals surface area contributed by atoms with Crippen molar-refractivity contribution in [3.63, 3.8) is 0 Å². The molecule has 4 heteroatoms. The van der Waals surface area contributed by atoms with Gasteiger partial charge in [-0.05, 0) is 27.5 Å². The molecule has 27 heavy (non-hydrogen) atoms. The van der Waals surface area contributed by atoms with Crippen LogP contribution in [0.25, 0.3) is 10.8 Å². The molecular weight excluding hydrogens is 334 g/mol. The van der Waals surface area contributed by atoms with Crippen molar-refractivity contribution in [2.45, 2.75) is 19.5 Å². The number of nitrogens with zero attached hydrogens (tertiary/aromatic N) is 2. The minimum atomic E-state index is 0.0360. The minimum Gasteiger partial charge on any atom is -0.352 e. The Balaban J connectivity index is 1.35. The fraction of sp³-hybridized carbons (Fsp3) is 0.130. The molecule has 0 saturated heterocycles. The summed E-state index contributed by atoms with van der Waals surface area (Å²) in [7, 11) is 0.